The maximum atomic E-state index is 12.9. The van der Waals surface area contributed by atoms with Gasteiger partial charge in [-0.25, -0.2) is 19.6 Å². The van der Waals surface area contributed by atoms with Gasteiger partial charge in [0, 0.05) is 36.1 Å². The van der Waals surface area contributed by atoms with Crippen LogP contribution < -0.4 is 5.56 Å². The zero-order valence-corrected chi connectivity index (χ0v) is 17.1. The number of H-pyrrole nitrogens is 1. The van der Waals surface area contributed by atoms with Crippen molar-refractivity contribution in [3.8, 4) is 6.07 Å². The van der Waals surface area contributed by atoms with E-state index < -0.39 is 0 Å². The lowest BCUT2D eigenvalue weighted by Crippen LogP contribution is -2.28. The number of nitrogens with zero attached hydrogens (tertiary/aromatic N) is 7. The van der Waals surface area contributed by atoms with Gasteiger partial charge in [0.1, 0.15) is 23.1 Å². The van der Waals surface area contributed by atoms with Crippen LogP contribution in [-0.2, 0) is 0 Å². The lowest BCUT2D eigenvalue weighted by molar-refractivity contribution is 0.319. The number of hydrogen-bond acceptors (Lipinski definition) is 7. The molecule has 9 heteroatoms. The molecule has 0 spiro atoms. The van der Waals surface area contributed by atoms with E-state index in [4.69, 9.17) is 4.98 Å². The highest BCUT2D eigenvalue weighted by Crippen LogP contribution is 2.46. The Morgan fingerprint density at radius 1 is 1.19 bits per heavy atom. The Bertz CT molecular complexity index is 1350. The molecule has 5 rings (SSSR count). The largest absolute Gasteiger partial charge is 0.310 e. The fourth-order valence-electron chi connectivity index (χ4n) is 4.09. The molecule has 0 saturated heterocycles. The van der Waals surface area contributed by atoms with Gasteiger partial charge in [-0.15, -0.1) is 0 Å². The molecule has 1 N–H and O–H groups in total. The van der Waals surface area contributed by atoms with Crippen LogP contribution in [0, 0.1) is 18.3 Å². The minimum absolute atomic E-state index is 0.0183. The van der Waals surface area contributed by atoms with Crippen LogP contribution in [0.15, 0.2) is 41.6 Å². The average Bonchev–Trinajstić information content (AvgIpc) is 3.13. The standard InChI is InChI=1S/C22H20N8O/c1-12-4-5-14(11-26-12)13(2)30-21-18(17(10-23)29-30)22(31)28-20(27-21)16-7-6-15(16)19-24-8-3-9-25-19/h3-5,8-9,11,13,15-16H,6-7H2,1-2H3,(H,27,28,31)/t13-,15+,16+/m1/s1. The normalized spacial score (nSPS) is 19.0. The summed E-state index contributed by atoms with van der Waals surface area (Å²) in [6.45, 7) is 3.87. The first-order chi connectivity index (χ1) is 15.1. The van der Waals surface area contributed by atoms with Crippen molar-refractivity contribution in [1.82, 2.24) is 34.7 Å². The molecular formula is C22H20N8O. The van der Waals surface area contributed by atoms with Gasteiger partial charge in [0.2, 0.25) is 0 Å². The van der Waals surface area contributed by atoms with Gasteiger partial charge in [-0.2, -0.15) is 10.4 Å². The van der Waals surface area contributed by atoms with E-state index in [0.717, 1.165) is 29.9 Å². The number of aromatic amines is 1. The van der Waals surface area contributed by atoms with Gasteiger partial charge >= 0.3 is 0 Å². The van der Waals surface area contributed by atoms with E-state index >= 15 is 0 Å². The minimum Gasteiger partial charge on any atom is -0.310 e. The van der Waals surface area contributed by atoms with Crippen molar-refractivity contribution >= 4 is 11.0 Å². The van der Waals surface area contributed by atoms with Crippen molar-refractivity contribution < 1.29 is 0 Å². The van der Waals surface area contributed by atoms with Crippen LogP contribution >= 0.6 is 0 Å². The smallest absolute Gasteiger partial charge is 0.263 e. The molecule has 31 heavy (non-hydrogen) atoms. The molecule has 4 aromatic heterocycles. The second kappa shape index (κ2) is 7.40. The summed E-state index contributed by atoms with van der Waals surface area (Å²) >= 11 is 0. The van der Waals surface area contributed by atoms with E-state index in [2.05, 4.69) is 25.0 Å². The molecule has 0 unspecified atom stereocenters. The Kier molecular flexibility index (Phi) is 4.55. The molecule has 0 aromatic carbocycles. The van der Waals surface area contributed by atoms with E-state index in [0.29, 0.717) is 11.5 Å². The third-order valence-electron chi connectivity index (χ3n) is 6.01. The fourth-order valence-corrected chi connectivity index (χ4v) is 4.09. The molecule has 0 aliphatic heterocycles. The lowest BCUT2D eigenvalue weighted by Gasteiger charge is -2.34. The van der Waals surface area contributed by atoms with Gasteiger partial charge in [-0.05, 0) is 44.4 Å². The molecule has 154 valence electrons. The second-order valence-electron chi connectivity index (χ2n) is 7.86. The van der Waals surface area contributed by atoms with Crippen molar-refractivity contribution in [3.63, 3.8) is 0 Å². The molecule has 0 bridgehead atoms. The highest BCUT2D eigenvalue weighted by Gasteiger charge is 2.37. The molecule has 1 fully saturated rings. The highest BCUT2D eigenvalue weighted by atomic mass is 16.1. The number of hydrogen-bond donors (Lipinski definition) is 1. The summed E-state index contributed by atoms with van der Waals surface area (Å²) in [4.78, 5) is 33.7. The van der Waals surface area contributed by atoms with E-state index in [1.807, 2.05) is 32.0 Å². The van der Waals surface area contributed by atoms with E-state index in [-0.39, 0.29) is 34.5 Å². The summed E-state index contributed by atoms with van der Waals surface area (Å²) in [7, 11) is 0. The monoisotopic (exact) mass is 412 g/mol. The first-order valence-corrected chi connectivity index (χ1v) is 10.2. The highest BCUT2D eigenvalue weighted by molar-refractivity contribution is 5.80. The molecule has 4 heterocycles. The van der Waals surface area contributed by atoms with Crippen LogP contribution in [0.3, 0.4) is 0 Å². The maximum Gasteiger partial charge on any atom is 0.263 e. The molecule has 3 atom stereocenters. The molecule has 1 aliphatic rings. The number of fused-ring (bicyclic) bond motifs is 1. The number of nitriles is 1. The topological polar surface area (TPSA) is 126 Å². The van der Waals surface area contributed by atoms with Gasteiger partial charge in [0.25, 0.3) is 5.56 Å². The van der Waals surface area contributed by atoms with Crippen molar-refractivity contribution in [3.05, 3.63) is 75.7 Å². The van der Waals surface area contributed by atoms with Crippen LogP contribution in [0.1, 0.15) is 66.2 Å². The number of pyridine rings is 1. The van der Waals surface area contributed by atoms with Gasteiger partial charge in [0.05, 0.1) is 6.04 Å². The summed E-state index contributed by atoms with van der Waals surface area (Å²) in [5.74, 6) is 1.46. The summed E-state index contributed by atoms with van der Waals surface area (Å²) in [6.07, 6.45) is 7.05. The predicted molar refractivity (Wildman–Crippen MR) is 112 cm³/mol. The number of aryl methyl sites for hydroxylation is 1. The molecule has 1 saturated carbocycles. The van der Waals surface area contributed by atoms with Crippen LogP contribution in [0.5, 0.6) is 0 Å². The quantitative estimate of drug-likeness (QED) is 0.546. The predicted octanol–water partition coefficient (Wildman–Crippen LogP) is 2.76. The zero-order chi connectivity index (χ0) is 21.5. The Labute approximate surface area is 177 Å². The van der Waals surface area contributed by atoms with Gasteiger partial charge < -0.3 is 4.98 Å². The zero-order valence-electron chi connectivity index (χ0n) is 17.1. The molecular weight excluding hydrogens is 392 g/mol. The number of rotatable bonds is 4. The Morgan fingerprint density at radius 3 is 2.61 bits per heavy atom. The van der Waals surface area contributed by atoms with E-state index in [1.54, 1.807) is 29.3 Å². The lowest BCUT2D eigenvalue weighted by atomic mass is 9.72. The SMILES string of the molecule is Cc1ccc([C@@H](C)n2nc(C#N)c3c(=O)[nH]c([C@H]4CC[C@@H]4c4ncccn4)nc32)cn1. The number of aromatic nitrogens is 7. The molecule has 0 radical (unpaired) electrons. The molecule has 9 nitrogen and oxygen atoms in total. The van der Waals surface area contributed by atoms with Gasteiger partial charge in [-0.1, -0.05) is 6.07 Å². The Morgan fingerprint density at radius 2 is 1.97 bits per heavy atom. The summed E-state index contributed by atoms with van der Waals surface area (Å²) in [6, 6.07) is 7.46. The van der Waals surface area contributed by atoms with Crippen LogP contribution in [0.4, 0.5) is 0 Å². The third-order valence-corrected chi connectivity index (χ3v) is 6.01. The molecule has 1 aliphatic carbocycles. The Balaban J connectivity index is 1.61. The van der Waals surface area contributed by atoms with Gasteiger partial charge in [0.15, 0.2) is 11.3 Å². The van der Waals surface area contributed by atoms with Crippen molar-refractivity contribution in [2.75, 3.05) is 0 Å². The van der Waals surface area contributed by atoms with Crippen molar-refractivity contribution in [2.45, 2.75) is 44.6 Å². The van der Waals surface area contributed by atoms with Crippen LogP contribution in [0.25, 0.3) is 11.0 Å². The van der Waals surface area contributed by atoms with Crippen molar-refractivity contribution in [1.29, 1.82) is 5.26 Å². The Hall–Kier alpha value is -3.93. The fraction of sp³-hybridized carbons (Fsp3) is 0.318. The summed E-state index contributed by atoms with van der Waals surface area (Å²) in [5.41, 5.74) is 1.95. The second-order valence-corrected chi connectivity index (χ2v) is 7.86. The first-order valence-electron chi connectivity index (χ1n) is 10.2. The van der Waals surface area contributed by atoms with E-state index in [1.165, 1.54) is 0 Å². The number of nitrogens with one attached hydrogen (secondary N) is 1. The summed E-state index contributed by atoms with van der Waals surface area (Å²) in [5, 5.41) is 14.2. The average molecular weight is 412 g/mol. The van der Waals surface area contributed by atoms with E-state index in [9.17, 15) is 10.1 Å². The van der Waals surface area contributed by atoms with Gasteiger partial charge in [-0.3, -0.25) is 9.78 Å². The molecule has 0 amide bonds. The van der Waals surface area contributed by atoms with Crippen LogP contribution in [-0.4, -0.2) is 34.7 Å². The van der Waals surface area contributed by atoms with Crippen molar-refractivity contribution in [2.24, 2.45) is 0 Å². The molecule has 4 aromatic rings. The first kappa shape index (κ1) is 19.1. The minimum atomic E-state index is -0.350. The summed E-state index contributed by atoms with van der Waals surface area (Å²) < 4.78 is 1.64. The van der Waals surface area contributed by atoms with Crippen LogP contribution in [0.2, 0.25) is 0 Å². The maximum absolute atomic E-state index is 12.9. The third kappa shape index (κ3) is 3.17.